The minimum Gasteiger partial charge on any atom is -0.307 e. The zero-order chi connectivity index (χ0) is 15.8. The van der Waals surface area contributed by atoms with E-state index in [9.17, 15) is 17.6 Å². The Morgan fingerprint density at radius 1 is 1.24 bits per heavy atom. The molecular weight excluding hydrogens is 317 g/mol. The summed E-state index contributed by atoms with van der Waals surface area (Å²) in [5.74, 6) is -0.536. The monoisotopic (exact) mass is 329 g/mol. The van der Waals surface area contributed by atoms with Crippen LogP contribution in [0.2, 0.25) is 5.02 Å². The van der Waals surface area contributed by atoms with Crippen LogP contribution in [0.5, 0.6) is 0 Å². The normalized spacial score (nSPS) is 11.6. The molecule has 112 valence electrons. The third kappa shape index (κ3) is 3.01. The lowest BCUT2D eigenvalue weighted by atomic mass is 10.1. The van der Waals surface area contributed by atoms with Crippen LogP contribution in [-0.2, 0) is 16.4 Å². The molecule has 0 aliphatic heterocycles. The van der Waals surface area contributed by atoms with Crippen molar-refractivity contribution in [1.82, 2.24) is 4.57 Å². The zero-order valence-corrected chi connectivity index (χ0v) is 13.0. The molecule has 0 unspecified atom stereocenters. The Morgan fingerprint density at radius 3 is 2.43 bits per heavy atom. The molecule has 0 atom stereocenters. The van der Waals surface area contributed by atoms with Crippen molar-refractivity contribution in [2.75, 3.05) is 6.26 Å². The molecule has 1 heterocycles. The fraction of sp³-hybridized carbons (Fsp3) is 0.214. The van der Waals surface area contributed by atoms with E-state index < -0.39 is 15.7 Å². The van der Waals surface area contributed by atoms with E-state index >= 15 is 0 Å². The van der Waals surface area contributed by atoms with Gasteiger partial charge in [0.15, 0.2) is 9.84 Å². The molecular formula is C14H13ClFNO3S. The molecule has 0 saturated heterocycles. The van der Waals surface area contributed by atoms with Crippen LogP contribution in [0.3, 0.4) is 0 Å². The van der Waals surface area contributed by atoms with Crippen LogP contribution in [0.25, 0.3) is 11.3 Å². The number of hydrogen-bond acceptors (Lipinski definition) is 3. The number of pyridine rings is 1. The van der Waals surface area contributed by atoms with Gasteiger partial charge in [0.2, 0.25) is 0 Å². The number of aromatic nitrogens is 1. The van der Waals surface area contributed by atoms with Crippen molar-refractivity contribution >= 4 is 21.4 Å². The molecule has 4 nitrogen and oxygen atoms in total. The molecule has 21 heavy (non-hydrogen) atoms. The third-order valence-electron chi connectivity index (χ3n) is 3.05. The van der Waals surface area contributed by atoms with Gasteiger partial charge in [0.05, 0.1) is 15.6 Å². The summed E-state index contributed by atoms with van der Waals surface area (Å²) in [6.07, 6.45) is 1.05. The highest BCUT2D eigenvalue weighted by Crippen LogP contribution is 2.32. The second-order valence-corrected chi connectivity index (χ2v) is 6.92. The molecule has 0 bridgehead atoms. The van der Waals surface area contributed by atoms with Crippen molar-refractivity contribution in [3.63, 3.8) is 0 Å². The highest BCUT2D eigenvalue weighted by molar-refractivity contribution is 7.90. The zero-order valence-electron chi connectivity index (χ0n) is 11.4. The standard InChI is InChI=1S/C14H13ClFNO3S/c1-3-17-13(18)7-6-12(21(2,19)20)14(17)10-5-4-9(16)8-11(10)15/h4-8H,3H2,1-2H3. The molecule has 0 amide bonds. The van der Waals surface area contributed by atoms with Crippen LogP contribution in [0.1, 0.15) is 6.92 Å². The number of benzene rings is 1. The fourth-order valence-electron chi connectivity index (χ4n) is 2.13. The second-order valence-electron chi connectivity index (χ2n) is 4.53. The Morgan fingerprint density at radius 2 is 1.90 bits per heavy atom. The first-order valence-corrected chi connectivity index (χ1v) is 8.42. The molecule has 0 spiro atoms. The summed E-state index contributed by atoms with van der Waals surface area (Å²) in [6.45, 7) is 1.99. The lowest BCUT2D eigenvalue weighted by molar-refractivity contribution is 0.599. The molecule has 1 aromatic heterocycles. The van der Waals surface area contributed by atoms with E-state index in [-0.39, 0.29) is 27.7 Å². The predicted octanol–water partition coefficient (Wildman–Crippen LogP) is 2.73. The number of rotatable bonds is 3. The molecule has 0 aliphatic rings. The first kappa shape index (κ1) is 15.7. The van der Waals surface area contributed by atoms with Gasteiger partial charge >= 0.3 is 0 Å². The molecule has 0 fully saturated rings. The van der Waals surface area contributed by atoms with E-state index in [0.717, 1.165) is 12.3 Å². The van der Waals surface area contributed by atoms with Crippen molar-refractivity contribution < 1.29 is 12.8 Å². The predicted molar refractivity (Wildman–Crippen MR) is 79.9 cm³/mol. The summed E-state index contributed by atoms with van der Waals surface area (Å²) >= 11 is 6.02. The van der Waals surface area contributed by atoms with Crippen LogP contribution < -0.4 is 5.56 Å². The Hall–Kier alpha value is -1.66. The Balaban J connectivity index is 2.95. The molecule has 0 N–H and O–H groups in total. The summed E-state index contributed by atoms with van der Waals surface area (Å²) < 4.78 is 38.4. The first-order valence-electron chi connectivity index (χ1n) is 6.15. The highest BCUT2D eigenvalue weighted by atomic mass is 35.5. The summed E-state index contributed by atoms with van der Waals surface area (Å²) in [5, 5.41) is 0.0488. The third-order valence-corrected chi connectivity index (χ3v) is 4.49. The number of hydrogen-bond donors (Lipinski definition) is 0. The minimum absolute atomic E-state index is 0.0162. The topological polar surface area (TPSA) is 56.1 Å². The van der Waals surface area contributed by atoms with Gasteiger partial charge in [-0.05, 0) is 31.2 Å². The average molecular weight is 330 g/mol. The van der Waals surface area contributed by atoms with Gasteiger partial charge in [-0.1, -0.05) is 11.6 Å². The van der Waals surface area contributed by atoms with Crippen LogP contribution in [0.4, 0.5) is 4.39 Å². The SMILES string of the molecule is CCn1c(-c2ccc(F)cc2Cl)c(S(C)(=O)=O)ccc1=O. The lowest BCUT2D eigenvalue weighted by Crippen LogP contribution is -2.22. The van der Waals surface area contributed by atoms with Gasteiger partial charge in [-0.15, -0.1) is 0 Å². The van der Waals surface area contributed by atoms with Gasteiger partial charge in [-0.3, -0.25) is 4.79 Å². The average Bonchev–Trinajstić information content (AvgIpc) is 2.37. The van der Waals surface area contributed by atoms with Gasteiger partial charge in [-0.25, -0.2) is 12.8 Å². The molecule has 0 radical (unpaired) electrons. The van der Waals surface area contributed by atoms with Crippen molar-refractivity contribution in [3.8, 4) is 11.3 Å². The summed E-state index contributed by atoms with van der Waals surface area (Å²) in [5.41, 5.74) is 0.135. The molecule has 0 saturated carbocycles. The van der Waals surface area contributed by atoms with Gasteiger partial charge in [0.1, 0.15) is 5.82 Å². The summed E-state index contributed by atoms with van der Waals surface area (Å²) in [7, 11) is -3.57. The molecule has 7 heteroatoms. The summed E-state index contributed by atoms with van der Waals surface area (Å²) in [6, 6.07) is 6.07. The molecule has 1 aromatic carbocycles. The van der Waals surface area contributed by atoms with E-state index in [0.29, 0.717) is 5.56 Å². The minimum atomic E-state index is -3.57. The van der Waals surface area contributed by atoms with E-state index in [4.69, 9.17) is 11.6 Å². The van der Waals surface area contributed by atoms with Gasteiger partial charge in [0, 0.05) is 24.4 Å². The fourth-order valence-corrected chi connectivity index (χ4v) is 3.28. The number of nitrogens with zero attached hydrogens (tertiary/aromatic N) is 1. The van der Waals surface area contributed by atoms with E-state index in [1.54, 1.807) is 6.92 Å². The van der Waals surface area contributed by atoms with Crippen molar-refractivity contribution in [2.24, 2.45) is 0 Å². The highest BCUT2D eigenvalue weighted by Gasteiger charge is 2.20. The van der Waals surface area contributed by atoms with Crippen molar-refractivity contribution in [2.45, 2.75) is 18.4 Å². The maximum absolute atomic E-state index is 13.2. The number of halogens is 2. The Bertz CT molecular complexity index is 859. The number of sulfone groups is 1. The Labute approximate surface area is 126 Å². The van der Waals surface area contributed by atoms with Crippen LogP contribution in [0, 0.1) is 5.82 Å². The maximum Gasteiger partial charge on any atom is 0.251 e. The quantitative estimate of drug-likeness (QED) is 0.870. The van der Waals surface area contributed by atoms with Gasteiger partial charge < -0.3 is 4.57 Å². The van der Waals surface area contributed by atoms with Gasteiger partial charge in [0.25, 0.3) is 5.56 Å². The van der Waals surface area contributed by atoms with Crippen LogP contribution in [-0.4, -0.2) is 19.2 Å². The second kappa shape index (κ2) is 5.61. The lowest BCUT2D eigenvalue weighted by Gasteiger charge is -2.16. The largest absolute Gasteiger partial charge is 0.307 e. The van der Waals surface area contributed by atoms with Crippen LogP contribution >= 0.6 is 11.6 Å². The van der Waals surface area contributed by atoms with Crippen molar-refractivity contribution in [1.29, 1.82) is 0 Å². The molecule has 2 rings (SSSR count). The van der Waals surface area contributed by atoms with Crippen LogP contribution in [0.15, 0.2) is 40.0 Å². The maximum atomic E-state index is 13.2. The van der Waals surface area contributed by atoms with E-state index in [2.05, 4.69) is 0 Å². The smallest absolute Gasteiger partial charge is 0.251 e. The molecule has 0 aliphatic carbocycles. The van der Waals surface area contributed by atoms with E-state index in [1.165, 1.54) is 28.8 Å². The summed E-state index contributed by atoms with van der Waals surface area (Å²) in [4.78, 5) is 11.9. The van der Waals surface area contributed by atoms with E-state index in [1.807, 2.05) is 0 Å². The van der Waals surface area contributed by atoms with Crippen molar-refractivity contribution in [3.05, 3.63) is 51.5 Å². The van der Waals surface area contributed by atoms with Gasteiger partial charge in [-0.2, -0.15) is 0 Å². The Kier molecular flexibility index (Phi) is 4.20. The molecule has 2 aromatic rings. The first-order chi connectivity index (χ1) is 9.75.